The number of aliphatic hydroxyl groups excluding tert-OH is 3. The Morgan fingerprint density at radius 1 is 0.968 bits per heavy atom. The third kappa shape index (κ3) is 3.48. The molecule has 0 aliphatic heterocycles. The van der Waals surface area contributed by atoms with Crippen molar-refractivity contribution in [2.24, 2.45) is 51.8 Å². The lowest BCUT2D eigenvalue weighted by Gasteiger charge is -2.64. The number of aliphatic hydroxyl groups is 3. The van der Waals surface area contributed by atoms with Crippen LogP contribution >= 0.6 is 0 Å². The smallest absolute Gasteiger partial charge is 0.0632 e. The highest BCUT2D eigenvalue weighted by Gasteiger charge is 2.70. The van der Waals surface area contributed by atoms with Gasteiger partial charge in [0.25, 0.3) is 0 Å². The van der Waals surface area contributed by atoms with Crippen molar-refractivity contribution in [1.29, 1.82) is 0 Å². The van der Waals surface area contributed by atoms with Gasteiger partial charge in [-0.05, 0) is 84.9 Å². The fraction of sp³-hybridized carbons (Fsp3) is 0.929. The van der Waals surface area contributed by atoms with Crippen LogP contribution in [0.3, 0.4) is 0 Å². The third-order valence-electron chi connectivity index (χ3n) is 11.1. The van der Waals surface area contributed by atoms with Gasteiger partial charge in [-0.1, -0.05) is 66.0 Å². The third-order valence-corrected chi connectivity index (χ3v) is 11.1. The summed E-state index contributed by atoms with van der Waals surface area (Å²) in [5.41, 5.74) is -0.252. The van der Waals surface area contributed by atoms with Crippen LogP contribution in [-0.2, 0) is 0 Å². The van der Waals surface area contributed by atoms with Crippen LogP contribution in [0.25, 0.3) is 0 Å². The number of rotatable bonds is 6. The molecular weight excluding hydrogens is 384 g/mol. The topological polar surface area (TPSA) is 60.7 Å². The van der Waals surface area contributed by atoms with Gasteiger partial charge >= 0.3 is 0 Å². The zero-order valence-corrected chi connectivity index (χ0v) is 20.7. The van der Waals surface area contributed by atoms with Crippen LogP contribution in [0.2, 0.25) is 0 Å². The maximum atomic E-state index is 11.6. The second-order valence-corrected chi connectivity index (χ2v) is 12.9. The SMILES string of the molecule is CC(C)CCC[C@@H](C)[C@H]1C[C@H](O)[C@@]2(CO)[C@@H]3C=C[C@H]4C[C@@H](O)CC[C@]4(C)[C@H]3CC[C@]12C. The molecule has 10 atom stereocenters. The summed E-state index contributed by atoms with van der Waals surface area (Å²) in [6.07, 6.45) is 13.9. The molecule has 3 N–H and O–H groups in total. The van der Waals surface area contributed by atoms with Gasteiger partial charge in [-0.25, -0.2) is 0 Å². The Kier molecular flexibility index (Phi) is 6.47. The Labute approximate surface area is 190 Å². The van der Waals surface area contributed by atoms with E-state index < -0.39 is 11.5 Å². The summed E-state index contributed by atoms with van der Waals surface area (Å²) < 4.78 is 0. The van der Waals surface area contributed by atoms with Crippen molar-refractivity contribution in [3.63, 3.8) is 0 Å². The summed E-state index contributed by atoms with van der Waals surface area (Å²) >= 11 is 0. The Morgan fingerprint density at radius 2 is 1.71 bits per heavy atom. The van der Waals surface area contributed by atoms with E-state index >= 15 is 0 Å². The van der Waals surface area contributed by atoms with Gasteiger partial charge in [-0.15, -0.1) is 0 Å². The molecule has 4 aliphatic carbocycles. The summed E-state index contributed by atoms with van der Waals surface area (Å²) in [5, 5.41) is 32.8. The molecule has 0 aromatic rings. The highest BCUT2D eigenvalue weighted by atomic mass is 16.3. The monoisotopic (exact) mass is 432 g/mol. The van der Waals surface area contributed by atoms with Gasteiger partial charge in [-0.3, -0.25) is 0 Å². The van der Waals surface area contributed by atoms with Crippen LogP contribution in [-0.4, -0.2) is 34.1 Å². The molecule has 0 amide bonds. The zero-order valence-electron chi connectivity index (χ0n) is 20.7. The van der Waals surface area contributed by atoms with Gasteiger partial charge < -0.3 is 15.3 Å². The van der Waals surface area contributed by atoms with Crippen molar-refractivity contribution >= 4 is 0 Å². The first-order valence-corrected chi connectivity index (χ1v) is 13.3. The van der Waals surface area contributed by atoms with Crippen LogP contribution in [0.4, 0.5) is 0 Å². The van der Waals surface area contributed by atoms with Gasteiger partial charge in [0.2, 0.25) is 0 Å². The van der Waals surface area contributed by atoms with E-state index in [-0.39, 0.29) is 29.5 Å². The molecule has 0 bridgehead atoms. The molecule has 0 saturated heterocycles. The first-order chi connectivity index (χ1) is 14.6. The summed E-state index contributed by atoms with van der Waals surface area (Å²) in [6, 6.07) is 0. The normalized spacial score (nSPS) is 50.1. The summed E-state index contributed by atoms with van der Waals surface area (Å²) in [5.74, 6) is 3.00. The van der Waals surface area contributed by atoms with Crippen LogP contribution in [0.15, 0.2) is 12.2 Å². The van der Waals surface area contributed by atoms with E-state index in [0.29, 0.717) is 23.7 Å². The van der Waals surface area contributed by atoms with Crippen molar-refractivity contribution in [2.75, 3.05) is 6.61 Å². The Morgan fingerprint density at radius 3 is 2.39 bits per heavy atom. The molecule has 0 unspecified atom stereocenters. The standard InChI is InChI=1S/C28H48O3/c1-18(2)7-6-8-19(3)24-16-25(31)28(17-29)23-10-9-20-15-21(30)11-13-26(20,4)22(23)12-14-27(24,28)5/h9-10,18-25,29-31H,6-8,11-17H2,1-5H3/t19-,20+,21+,22+,23-,24-,25+,26+,27-,28-/m1/s1. The molecule has 31 heavy (non-hydrogen) atoms. The van der Waals surface area contributed by atoms with Crippen molar-refractivity contribution < 1.29 is 15.3 Å². The molecular formula is C28H48O3. The number of hydrogen-bond donors (Lipinski definition) is 3. The van der Waals surface area contributed by atoms with Crippen LogP contribution < -0.4 is 0 Å². The van der Waals surface area contributed by atoms with E-state index in [1.165, 1.54) is 25.7 Å². The predicted octanol–water partition coefficient (Wildman–Crippen LogP) is 5.58. The molecule has 0 spiro atoms. The lowest BCUT2D eigenvalue weighted by atomic mass is 9.41. The lowest BCUT2D eigenvalue weighted by Crippen LogP contribution is -2.61. The molecule has 178 valence electrons. The Hall–Kier alpha value is -0.380. The molecule has 0 aromatic carbocycles. The quantitative estimate of drug-likeness (QED) is 0.480. The van der Waals surface area contributed by atoms with Crippen molar-refractivity contribution in [3.8, 4) is 0 Å². The molecule has 0 heterocycles. The molecule has 3 nitrogen and oxygen atoms in total. The first-order valence-electron chi connectivity index (χ1n) is 13.3. The number of fused-ring (bicyclic) bond motifs is 5. The van der Waals surface area contributed by atoms with Crippen LogP contribution in [0.1, 0.15) is 92.4 Å². The average molecular weight is 433 g/mol. The van der Waals surface area contributed by atoms with Crippen LogP contribution in [0, 0.1) is 51.8 Å². The zero-order chi connectivity index (χ0) is 22.6. The molecule has 3 fully saturated rings. The second kappa shape index (κ2) is 8.44. The van der Waals surface area contributed by atoms with Gasteiger partial charge in [0.15, 0.2) is 0 Å². The predicted molar refractivity (Wildman–Crippen MR) is 126 cm³/mol. The first kappa shape index (κ1) is 23.8. The van der Waals surface area contributed by atoms with Gasteiger partial charge in [0, 0.05) is 5.41 Å². The van der Waals surface area contributed by atoms with E-state index in [0.717, 1.165) is 38.0 Å². The number of hydrogen-bond acceptors (Lipinski definition) is 3. The van der Waals surface area contributed by atoms with Crippen molar-refractivity contribution in [1.82, 2.24) is 0 Å². The molecule has 3 heteroatoms. The number of allylic oxidation sites excluding steroid dienone is 2. The second-order valence-electron chi connectivity index (χ2n) is 12.9. The minimum atomic E-state index is -0.424. The molecule has 4 rings (SSSR count). The van der Waals surface area contributed by atoms with E-state index in [4.69, 9.17) is 0 Å². The van der Waals surface area contributed by atoms with E-state index in [9.17, 15) is 15.3 Å². The fourth-order valence-electron chi connectivity index (χ4n) is 9.15. The van der Waals surface area contributed by atoms with E-state index in [1.54, 1.807) is 0 Å². The van der Waals surface area contributed by atoms with Gasteiger partial charge in [-0.2, -0.15) is 0 Å². The minimum Gasteiger partial charge on any atom is -0.396 e. The van der Waals surface area contributed by atoms with Crippen molar-refractivity contribution in [2.45, 2.75) is 105 Å². The minimum absolute atomic E-state index is 0.0126. The molecule has 4 aliphatic rings. The average Bonchev–Trinajstić information content (AvgIpc) is 2.95. The molecule has 3 saturated carbocycles. The largest absolute Gasteiger partial charge is 0.396 e. The van der Waals surface area contributed by atoms with Crippen LogP contribution in [0.5, 0.6) is 0 Å². The summed E-state index contributed by atoms with van der Waals surface area (Å²) in [6.45, 7) is 11.9. The van der Waals surface area contributed by atoms with Gasteiger partial charge in [0.1, 0.15) is 0 Å². The maximum Gasteiger partial charge on any atom is 0.0632 e. The van der Waals surface area contributed by atoms with Crippen molar-refractivity contribution in [3.05, 3.63) is 12.2 Å². The molecule has 0 aromatic heterocycles. The fourth-order valence-corrected chi connectivity index (χ4v) is 9.15. The summed E-state index contributed by atoms with van der Waals surface area (Å²) in [4.78, 5) is 0. The van der Waals surface area contributed by atoms with E-state index in [1.807, 2.05) is 0 Å². The Bertz CT molecular complexity index is 673. The highest BCUT2D eigenvalue weighted by Crippen LogP contribution is 2.72. The highest BCUT2D eigenvalue weighted by molar-refractivity contribution is 5.25. The lowest BCUT2D eigenvalue weighted by molar-refractivity contribution is -0.176. The van der Waals surface area contributed by atoms with E-state index in [2.05, 4.69) is 46.8 Å². The molecule has 0 radical (unpaired) electrons. The Balaban J connectivity index is 1.64. The summed E-state index contributed by atoms with van der Waals surface area (Å²) in [7, 11) is 0. The van der Waals surface area contributed by atoms with Gasteiger partial charge in [0.05, 0.1) is 18.8 Å². The maximum absolute atomic E-state index is 11.6.